The van der Waals surface area contributed by atoms with Crippen molar-refractivity contribution in [2.75, 3.05) is 18.1 Å². The quantitative estimate of drug-likeness (QED) is 0.291. The Hall–Kier alpha value is -4.39. The summed E-state index contributed by atoms with van der Waals surface area (Å²) < 4.78 is 6.91. The molecule has 1 aromatic carbocycles. The number of anilines is 1. The molecule has 1 unspecified atom stereocenters. The Morgan fingerprint density at radius 1 is 1.12 bits per heavy atom. The molecule has 1 saturated heterocycles. The van der Waals surface area contributed by atoms with E-state index in [-0.39, 0.29) is 23.7 Å². The molecule has 3 heterocycles. The lowest BCUT2D eigenvalue weighted by atomic mass is 10.0. The molecule has 13 heteroatoms. The van der Waals surface area contributed by atoms with E-state index >= 15 is 0 Å². The number of carboxylic acid groups (broad SMARTS) is 1. The predicted molar refractivity (Wildman–Crippen MR) is 145 cm³/mol. The van der Waals surface area contributed by atoms with E-state index in [0.29, 0.717) is 22.6 Å². The van der Waals surface area contributed by atoms with Crippen LogP contribution in [-0.2, 0) is 20.9 Å². The second-order valence-corrected chi connectivity index (χ2v) is 11.3. The zero-order chi connectivity index (χ0) is 29.2. The molecule has 4 N–H and O–H groups in total. The largest absolute Gasteiger partial charge is 0.477 e. The Balaban J connectivity index is 1.46. The van der Waals surface area contributed by atoms with Crippen LogP contribution < -0.4 is 20.5 Å². The molecule has 2 atom stereocenters. The highest BCUT2D eigenvalue weighted by Crippen LogP contribution is 2.40. The number of β-lactam (4-membered cyclic amide) rings is 1. The number of nitrogens with zero attached hydrogens (tertiary/aromatic N) is 2. The van der Waals surface area contributed by atoms with Gasteiger partial charge < -0.3 is 20.5 Å². The Bertz CT molecular complexity index is 1420. The Labute approximate surface area is 234 Å². The first-order chi connectivity index (χ1) is 18.9. The molecule has 2 aliphatic rings. The van der Waals surface area contributed by atoms with E-state index in [1.807, 2.05) is 0 Å². The van der Waals surface area contributed by atoms with Crippen molar-refractivity contribution in [1.29, 1.82) is 0 Å². The molecule has 2 aromatic rings. The van der Waals surface area contributed by atoms with Crippen molar-refractivity contribution >= 4 is 47.2 Å². The van der Waals surface area contributed by atoms with Gasteiger partial charge in [0, 0.05) is 35.7 Å². The fourth-order valence-corrected chi connectivity index (χ4v) is 5.64. The van der Waals surface area contributed by atoms with Gasteiger partial charge >= 0.3 is 12.1 Å². The summed E-state index contributed by atoms with van der Waals surface area (Å²) in [4.78, 5) is 63.5. The second-order valence-electron chi connectivity index (χ2n) is 10.2. The van der Waals surface area contributed by atoms with Crippen LogP contribution in [0.15, 0.2) is 60.1 Å². The highest BCUT2D eigenvalue weighted by atomic mass is 32.2. The number of nitrogens with one attached hydrogen (secondary N) is 3. The highest BCUT2D eigenvalue weighted by Gasteiger charge is 2.54. The van der Waals surface area contributed by atoms with Gasteiger partial charge in [-0.1, -0.05) is 6.07 Å². The van der Waals surface area contributed by atoms with Gasteiger partial charge in [0.15, 0.2) is 18.9 Å². The number of aromatic nitrogens is 1. The maximum Gasteiger partial charge on any atom is 0.412 e. The van der Waals surface area contributed by atoms with Crippen molar-refractivity contribution in [3.63, 3.8) is 0 Å². The average Bonchev–Trinajstić information content (AvgIpc) is 2.89. The number of ether oxygens (including phenoxy) is 1. The van der Waals surface area contributed by atoms with E-state index in [1.165, 1.54) is 35.8 Å². The van der Waals surface area contributed by atoms with Gasteiger partial charge in [-0.3, -0.25) is 24.6 Å². The van der Waals surface area contributed by atoms with E-state index in [4.69, 9.17) is 4.74 Å². The van der Waals surface area contributed by atoms with E-state index in [1.54, 1.807) is 62.0 Å². The lowest BCUT2D eigenvalue weighted by Crippen LogP contribution is -2.70. The van der Waals surface area contributed by atoms with Crippen molar-refractivity contribution in [2.24, 2.45) is 0 Å². The van der Waals surface area contributed by atoms with Crippen LogP contribution in [0.4, 0.5) is 10.5 Å². The summed E-state index contributed by atoms with van der Waals surface area (Å²) in [6.07, 6.45) is 2.65. The summed E-state index contributed by atoms with van der Waals surface area (Å²) in [6.45, 7) is 5.37. The zero-order valence-electron chi connectivity index (χ0n) is 22.4. The highest BCUT2D eigenvalue weighted by molar-refractivity contribution is 8.00. The molecular formula is C27H30N5O7S+. The van der Waals surface area contributed by atoms with Crippen molar-refractivity contribution in [1.82, 2.24) is 15.5 Å². The number of pyridine rings is 1. The lowest BCUT2D eigenvalue weighted by Gasteiger charge is -2.49. The van der Waals surface area contributed by atoms with E-state index in [2.05, 4.69) is 16.0 Å². The summed E-state index contributed by atoms with van der Waals surface area (Å²) in [5.74, 6) is -2.29. The Kier molecular flexibility index (Phi) is 8.14. The summed E-state index contributed by atoms with van der Waals surface area (Å²) >= 11 is 1.35. The predicted octanol–water partition coefficient (Wildman–Crippen LogP) is 1.73. The van der Waals surface area contributed by atoms with Crippen molar-refractivity contribution in [3.8, 4) is 0 Å². The minimum atomic E-state index is -1.25. The van der Waals surface area contributed by atoms with Crippen molar-refractivity contribution in [2.45, 2.75) is 44.3 Å². The van der Waals surface area contributed by atoms with Crippen LogP contribution in [0.2, 0.25) is 0 Å². The topological polar surface area (TPSA) is 158 Å². The number of rotatable bonds is 7. The number of hydrogen-bond donors (Lipinski definition) is 4. The maximum absolute atomic E-state index is 13.1. The van der Waals surface area contributed by atoms with Crippen molar-refractivity contribution in [3.05, 3.63) is 71.2 Å². The molecule has 2 aliphatic heterocycles. The second kappa shape index (κ2) is 11.4. The molecule has 12 nitrogen and oxygen atoms in total. The third-order valence-electron chi connectivity index (χ3n) is 6.03. The number of carboxylic acids is 1. The first-order valence-corrected chi connectivity index (χ1v) is 13.4. The van der Waals surface area contributed by atoms with E-state index in [9.17, 15) is 29.1 Å². The molecule has 0 spiro atoms. The Morgan fingerprint density at radius 2 is 1.85 bits per heavy atom. The fourth-order valence-electron chi connectivity index (χ4n) is 4.31. The van der Waals surface area contributed by atoms with E-state index < -0.39 is 40.9 Å². The number of fused-ring (bicyclic) bond motifs is 1. The molecule has 1 aromatic heterocycles. The zero-order valence-corrected chi connectivity index (χ0v) is 23.2. The monoisotopic (exact) mass is 568 g/mol. The molecule has 40 heavy (non-hydrogen) atoms. The minimum absolute atomic E-state index is 0.124. The van der Waals surface area contributed by atoms with Crippen LogP contribution in [0.1, 0.15) is 41.5 Å². The molecule has 4 rings (SSSR count). The lowest BCUT2D eigenvalue weighted by molar-refractivity contribution is -0.689. The maximum atomic E-state index is 13.1. The molecule has 0 radical (unpaired) electrons. The average molecular weight is 569 g/mol. The van der Waals surface area contributed by atoms with Crippen LogP contribution >= 0.6 is 11.8 Å². The standard InChI is InChI=1S/C27H29N5O7S/c1-27(2,3)39-26(38)29-18-9-5-7-15(11-18)22(34)30-19-23(35)32-20(25(36)37)17(14-40-24(19)32)13-31-10-6-8-16(12-31)21(33)28-4/h5-12,19,24H,13-14H2,1-4H3,(H3-,28,29,30,33,34,36,37,38)/p+1/t19?,24-/m0/s1. The molecule has 0 saturated carbocycles. The number of benzene rings is 1. The smallest absolute Gasteiger partial charge is 0.412 e. The number of amides is 4. The number of carbonyl (C=O) groups excluding carboxylic acids is 4. The van der Waals surface area contributed by atoms with Crippen LogP contribution in [0, 0.1) is 0 Å². The molecule has 210 valence electrons. The summed E-state index contributed by atoms with van der Waals surface area (Å²) in [5, 5.41) is 17.2. The molecular weight excluding hydrogens is 538 g/mol. The Morgan fingerprint density at radius 3 is 2.52 bits per heavy atom. The molecule has 4 amide bonds. The fraction of sp³-hybridized carbons (Fsp3) is 0.333. The number of carbonyl (C=O) groups is 5. The normalized spacial score (nSPS) is 18.3. The summed E-state index contributed by atoms with van der Waals surface area (Å²) in [7, 11) is 1.52. The SMILES string of the molecule is CNC(=O)c1ccc[n+](CC2=C(C(=O)O)N3C(=O)C(NC(=O)c4cccc(NC(=O)OC(C)(C)C)c4)[C@@H]3SC2)c1. The number of hydrogen-bond acceptors (Lipinski definition) is 7. The van der Waals surface area contributed by atoms with Crippen LogP contribution in [0.3, 0.4) is 0 Å². The van der Waals surface area contributed by atoms with Crippen LogP contribution in [0.25, 0.3) is 0 Å². The van der Waals surface area contributed by atoms with Gasteiger partial charge in [0.1, 0.15) is 28.3 Å². The van der Waals surface area contributed by atoms with E-state index in [0.717, 1.165) is 0 Å². The first-order valence-electron chi connectivity index (χ1n) is 12.4. The van der Waals surface area contributed by atoms with Gasteiger partial charge in [-0.05, 0) is 45.0 Å². The molecule has 0 aliphatic carbocycles. The third-order valence-corrected chi connectivity index (χ3v) is 7.37. The van der Waals surface area contributed by atoms with Crippen LogP contribution in [0.5, 0.6) is 0 Å². The van der Waals surface area contributed by atoms with Gasteiger partial charge in [-0.15, -0.1) is 11.8 Å². The summed E-state index contributed by atoms with van der Waals surface area (Å²) in [6, 6.07) is 8.59. The molecule has 1 fully saturated rings. The molecule has 0 bridgehead atoms. The van der Waals surface area contributed by atoms with Gasteiger partial charge in [0.2, 0.25) is 0 Å². The van der Waals surface area contributed by atoms with Gasteiger partial charge in [-0.2, -0.15) is 0 Å². The number of aliphatic carboxylic acids is 1. The van der Waals surface area contributed by atoms with Gasteiger partial charge in [0.25, 0.3) is 17.7 Å². The van der Waals surface area contributed by atoms with Gasteiger partial charge in [0.05, 0.1) is 0 Å². The first kappa shape index (κ1) is 28.6. The van der Waals surface area contributed by atoms with Gasteiger partial charge in [-0.25, -0.2) is 14.2 Å². The number of thioether (sulfide) groups is 1. The van der Waals surface area contributed by atoms with Crippen LogP contribution in [-0.4, -0.2) is 69.6 Å². The third kappa shape index (κ3) is 6.25. The summed E-state index contributed by atoms with van der Waals surface area (Å²) in [5.41, 5.74) is 0.659. The van der Waals surface area contributed by atoms with Crippen molar-refractivity contribution < 1.29 is 38.4 Å². The minimum Gasteiger partial charge on any atom is -0.477 e.